The Kier molecular flexibility index (Phi) is 3.31. The summed E-state index contributed by atoms with van der Waals surface area (Å²) in [4.78, 5) is 0. The fraction of sp³-hybridized carbons (Fsp3) is 0. The molecule has 0 unspecified atom stereocenters. The lowest BCUT2D eigenvalue weighted by atomic mass is 10.0. The van der Waals surface area contributed by atoms with E-state index in [0.717, 1.165) is 11.2 Å². The van der Waals surface area contributed by atoms with Crippen LogP contribution in [0.2, 0.25) is 0 Å². The first-order valence-electron chi connectivity index (χ1n) is 11.1. The Labute approximate surface area is 192 Å². The molecule has 3 aromatic heterocycles. The SMILES string of the molecule is c1ccc(-n2c3ccccc3c3c4c5ccccc5oc4c4c5ccccc5sc4c32)cc1. The van der Waals surface area contributed by atoms with Crippen molar-refractivity contribution < 1.29 is 4.42 Å². The summed E-state index contributed by atoms with van der Waals surface area (Å²) in [6.45, 7) is 0. The van der Waals surface area contributed by atoms with Gasteiger partial charge in [-0.15, -0.1) is 11.3 Å². The molecule has 0 amide bonds. The number of hydrogen-bond donors (Lipinski definition) is 0. The fourth-order valence-corrected chi connectivity index (χ4v) is 6.70. The zero-order valence-corrected chi connectivity index (χ0v) is 18.4. The summed E-state index contributed by atoms with van der Waals surface area (Å²) < 4.78 is 11.6. The van der Waals surface area contributed by atoms with Crippen LogP contribution in [0.3, 0.4) is 0 Å². The van der Waals surface area contributed by atoms with Gasteiger partial charge in [0, 0.05) is 42.7 Å². The summed E-state index contributed by atoms with van der Waals surface area (Å²) in [5, 5.41) is 7.39. The first-order valence-corrected chi connectivity index (χ1v) is 11.9. The Morgan fingerprint density at radius 3 is 2.15 bits per heavy atom. The third-order valence-corrected chi connectivity index (χ3v) is 7.95. The maximum atomic E-state index is 6.60. The number of furan rings is 1. The Morgan fingerprint density at radius 1 is 0.576 bits per heavy atom. The molecule has 0 saturated heterocycles. The minimum absolute atomic E-state index is 0.938. The summed E-state index contributed by atoms with van der Waals surface area (Å²) in [7, 11) is 0. The van der Waals surface area contributed by atoms with Crippen LogP contribution < -0.4 is 0 Å². The Morgan fingerprint density at radius 2 is 1.27 bits per heavy atom. The summed E-state index contributed by atoms with van der Waals surface area (Å²) in [6.07, 6.45) is 0. The molecule has 3 heteroatoms. The number of thiophene rings is 1. The molecule has 0 bridgehead atoms. The average molecular weight is 440 g/mol. The van der Waals surface area contributed by atoms with Crippen LogP contribution in [0.25, 0.3) is 69.6 Å². The highest BCUT2D eigenvalue weighted by Gasteiger charge is 2.24. The highest BCUT2D eigenvalue weighted by molar-refractivity contribution is 7.27. The molecule has 33 heavy (non-hydrogen) atoms. The molecular formula is C30H17NOS. The van der Waals surface area contributed by atoms with Crippen molar-refractivity contribution in [3.05, 3.63) is 103 Å². The van der Waals surface area contributed by atoms with Gasteiger partial charge in [0.05, 0.1) is 15.7 Å². The molecule has 0 saturated carbocycles. The normalized spacial score (nSPS) is 12.2. The number of rotatable bonds is 1. The Hall–Kier alpha value is -4.08. The largest absolute Gasteiger partial charge is 0.455 e. The number of benzene rings is 5. The van der Waals surface area contributed by atoms with E-state index in [2.05, 4.69) is 108 Å². The van der Waals surface area contributed by atoms with Crippen LogP contribution in [0.4, 0.5) is 0 Å². The van der Waals surface area contributed by atoms with Crippen molar-refractivity contribution in [2.24, 2.45) is 0 Å². The molecule has 8 aromatic rings. The minimum Gasteiger partial charge on any atom is -0.455 e. The predicted octanol–water partition coefficient (Wildman–Crippen LogP) is 9.05. The maximum absolute atomic E-state index is 6.60. The zero-order valence-electron chi connectivity index (χ0n) is 17.6. The Balaban J connectivity index is 1.80. The summed E-state index contributed by atoms with van der Waals surface area (Å²) in [5.41, 5.74) is 5.59. The lowest BCUT2D eigenvalue weighted by Gasteiger charge is -2.08. The molecular weight excluding hydrogens is 422 g/mol. The fourth-order valence-electron chi connectivity index (χ4n) is 5.46. The van der Waals surface area contributed by atoms with E-state index in [0.29, 0.717) is 0 Å². The van der Waals surface area contributed by atoms with Gasteiger partial charge in [0.1, 0.15) is 11.2 Å². The highest BCUT2D eigenvalue weighted by atomic mass is 32.1. The standard InChI is InChI=1S/C30H17NOS/c1-2-10-18(11-3-1)31-22-15-7-4-12-19(22)25-26-20-13-5-8-16-23(20)32-29(26)27-21-14-6-9-17-24(21)33-30(27)28(25)31/h1-17H. The topological polar surface area (TPSA) is 18.1 Å². The monoisotopic (exact) mass is 439 g/mol. The lowest BCUT2D eigenvalue weighted by molar-refractivity contribution is 0.673. The van der Waals surface area contributed by atoms with Crippen LogP contribution >= 0.6 is 11.3 Å². The molecule has 2 nitrogen and oxygen atoms in total. The van der Waals surface area contributed by atoms with Gasteiger partial charge in [0.2, 0.25) is 0 Å². The van der Waals surface area contributed by atoms with Gasteiger partial charge in [-0.25, -0.2) is 0 Å². The number of hydrogen-bond acceptors (Lipinski definition) is 2. The van der Waals surface area contributed by atoms with Gasteiger partial charge in [-0.1, -0.05) is 72.8 Å². The second-order valence-electron chi connectivity index (χ2n) is 8.52. The molecule has 0 N–H and O–H groups in total. The zero-order chi connectivity index (χ0) is 21.5. The predicted molar refractivity (Wildman–Crippen MR) is 141 cm³/mol. The van der Waals surface area contributed by atoms with Crippen molar-refractivity contribution in [1.29, 1.82) is 0 Å². The first-order chi connectivity index (χ1) is 16.4. The van der Waals surface area contributed by atoms with Crippen molar-refractivity contribution in [3.8, 4) is 5.69 Å². The first kappa shape index (κ1) is 17.5. The maximum Gasteiger partial charge on any atom is 0.145 e. The van der Waals surface area contributed by atoms with Crippen molar-refractivity contribution >= 4 is 75.3 Å². The van der Waals surface area contributed by atoms with E-state index in [-0.39, 0.29) is 0 Å². The molecule has 154 valence electrons. The Bertz CT molecular complexity index is 2020. The summed E-state index contributed by atoms with van der Waals surface area (Å²) >= 11 is 1.86. The lowest BCUT2D eigenvalue weighted by Crippen LogP contribution is -1.93. The highest BCUT2D eigenvalue weighted by Crippen LogP contribution is 2.50. The number of para-hydroxylation sites is 3. The molecule has 0 aliphatic rings. The van der Waals surface area contributed by atoms with E-state index in [4.69, 9.17) is 4.42 Å². The number of nitrogens with zero attached hydrogens (tertiary/aromatic N) is 1. The molecule has 0 aliphatic heterocycles. The van der Waals surface area contributed by atoms with Gasteiger partial charge in [0.15, 0.2) is 0 Å². The van der Waals surface area contributed by atoms with E-state index in [9.17, 15) is 0 Å². The summed E-state index contributed by atoms with van der Waals surface area (Å²) in [6, 6.07) is 36.6. The van der Waals surface area contributed by atoms with E-state index in [1.165, 1.54) is 58.4 Å². The van der Waals surface area contributed by atoms with E-state index in [1.807, 2.05) is 11.3 Å². The molecule has 0 spiro atoms. The van der Waals surface area contributed by atoms with Gasteiger partial charge in [-0.05, 0) is 30.3 Å². The molecule has 3 heterocycles. The smallest absolute Gasteiger partial charge is 0.145 e. The number of fused-ring (bicyclic) bond motifs is 12. The molecule has 0 atom stereocenters. The van der Waals surface area contributed by atoms with Crippen LogP contribution in [0, 0.1) is 0 Å². The van der Waals surface area contributed by atoms with Gasteiger partial charge in [-0.2, -0.15) is 0 Å². The molecule has 0 aliphatic carbocycles. The van der Waals surface area contributed by atoms with Crippen molar-refractivity contribution in [2.45, 2.75) is 0 Å². The minimum atomic E-state index is 0.938. The van der Waals surface area contributed by atoms with Crippen molar-refractivity contribution in [3.63, 3.8) is 0 Å². The summed E-state index contributed by atoms with van der Waals surface area (Å²) in [5.74, 6) is 0. The van der Waals surface area contributed by atoms with Crippen LogP contribution in [-0.4, -0.2) is 4.57 Å². The van der Waals surface area contributed by atoms with Crippen molar-refractivity contribution in [2.75, 3.05) is 0 Å². The molecule has 5 aromatic carbocycles. The van der Waals surface area contributed by atoms with E-state index in [1.54, 1.807) is 0 Å². The molecule has 0 radical (unpaired) electrons. The van der Waals surface area contributed by atoms with E-state index < -0.39 is 0 Å². The van der Waals surface area contributed by atoms with Crippen LogP contribution in [0.1, 0.15) is 0 Å². The number of aromatic nitrogens is 1. The molecule has 0 fully saturated rings. The van der Waals surface area contributed by atoms with Crippen LogP contribution in [0.15, 0.2) is 108 Å². The third-order valence-electron chi connectivity index (χ3n) is 6.77. The molecule has 8 rings (SSSR count). The van der Waals surface area contributed by atoms with E-state index >= 15 is 0 Å². The van der Waals surface area contributed by atoms with Gasteiger partial charge in [0.25, 0.3) is 0 Å². The van der Waals surface area contributed by atoms with Crippen LogP contribution in [0.5, 0.6) is 0 Å². The average Bonchev–Trinajstić information content (AvgIpc) is 3.54. The van der Waals surface area contributed by atoms with Crippen molar-refractivity contribution in [1.82, 2.24) is 4.57 Å². The second-order valence-corrected chi connectivity index (χ2v) is 9.57. The van der Waals surface area contributed by atoms with Gasteiger partial charge in [-0.3, -0.25) is 0 Å². The third kappa shape index (κ3) is 2.17. The van der Waals surface area contributed by atoms with Gasteiger partial charge >= 0.3 is 0 Å². The van der Waals surface area contributed by atoms with Gasteiger partial charge < -0.3 is 8.98 Å². The second kappa shape index (κ2) is 6.25. The van der Waals surface area contributed by atoms with Crippen LogP contribution in [-0.2, 0) is 0 Å². The quantitative estimate of drug-likeness (QED) is 0.249.